The predicted octanol–water partition coefficient (Wildman–Crippen LogP) is 3.12. The molecule has 1 unspecified atom stereocenters. The summed E-state index contributed by atoms with van der Waals surface area (Å²) in [6.07, 6.45) is 0.972. The molecular formula is C18H19O6Si-. The summed E-state index contributed by atoms with van der Waals surface area (Å²) in [5.41, 5.74) is 0. The molecule has 1 atom stereocenters. The van der Waals surface area contributed by atoms with Gasteiger partial charge in [-0.25, -0.2) is 0 Å². The zero-order valence-corrected chi connectivity index (χ0v) is 14.7. The Balaban J connectivity index is 1.38. The van der Waals surface area contributed by atoms with Gasteiger partial charge in [0.2, 0.25) is 0 Å². The molecule has 0 aliphatic carbocycles. The Labute approximate surface area is 146 Å². The van der Waals surface area contributed by atoms with Crippen LogP contribution < -0.4 is 17.7 Å². The van der Waals surface area contributed by atoms with Gasteiger partial charge in [-0.1, -0.05) is 0 Å². The van der Waals surface area contributed by atoms with Crippen molar-refractivity contribution in [2.45, 2.75) is 18.6 Å². The van der Waals surface area contributed by atoms with E-state index in [9.17, 15) is 0 Å². The summed E-state index contributed by atoms with van der Waals surface area (Å²) in [5, 5.41) is 0. The standard InChI is InChI=1S/C18H19O6Si/c1-2-7-16-15(6-1)21-25(22-16,11-5-10-19-12-14-13-20-14)23-17-8-3-4-9-18(17)24-25/h1-4,6-9,14H,5,10-13H2/q-1. The number of fused-ring (bicyclic) bond motifs is 2. The van der Waals surface area contributed by atoms with Crippen LogP contribution in [0.3, 0.4) is 0 Å². The van der Waals surface area contributed by atoms with Crippen LogP contribution >= 0.6 is 0 Å². The number of rotatable bonds is 6. The Morgan fingerprint density at radius 2 is 1.32 bits per heavy atom. The van der Waals surface area contributed by atoms with Crippen LogP contribution in [0.15, 0.2) is 48.5 Å². The van der Waals surface area contributed by atoms with E-state index in [1.807, 2.05) is 48.5 Å². The molecule has 3 aliphatic heterocycles. The molecule has 1 spiro atoms. The van der Waals surface area contributed by atoms with Crippen molar-refractivity contribution in [2.75, 3.05) is 19.8 Å². The van der Waals surface area contributed by atoms with Crippen LogP contribution in [-0.4, -0.2) is 34.2 Å². The number of para-hydroxylation sites is 4. The van der Waals surface area contributed by atoms with Crippen LogP contribution in [0.2, 0.25) is 6.04 Å². The average molecular weight is 359 g/mol. The zero-order valence-electron chi connectivity index (χ0n) is 13.7. The zero-order chi connectivity index (χ0) is 16.8. The van der Waals surface area contributed by atoms with Crippen molar-refractivity contribution >= 4 is 8.33 Å². The van der Waals surface area contributed by atoms with E-state index in [0.717, 1.165) is 6.61 Å². The molecule has 2 aromatic rings. The van der Waals surface area contributed by atoms with Crippen LogP contribution in [0.25, 0.3) is 0 Å². The Morgan fingerprint density at radius 3 is 1.76 bits per heavy atom. The predicted molar refractivity (Wildman–Crippen MR) is 91.1 cm³/mol. The second kappa shape index (κ2) is 5.39. The number of benzene rings is 2. The van der Waals surface area contributed by atoms with Gasteiger partial charge in [-0.2, -0.15) is 0 Å². The number of hydrogen-bond acceptors (Lipinski definition) is 6. The quantitative estimate of drug-likeness (QED) is 0.449. The third-order valence-electron chi connectivity index (χ3n) is 4.51. The average Bonchev–Trinajstić information content (AvgIpc) is 3.29. The van der Waals surface area contributed by atoms with Crippen molar-refractivity contribution < 1.29 is 27.2 Å². The number of epoxide rings is 1. The molecule has 0 N–H and O–H groups in total. The molecule has 0 saturated carbocycles. The second-order valence-electron chi connectivity index (χ2n) is 6.51. The number of ether oxygens (including phenoxy) is 2. The molecule has 1 saturated heterocycles. The van der Waals surface area contributed by atoms with Crippen molar-refractivity contribution in [3.05, 3.63) is 48.5 Å². The van der Waals surface area contributed by atoms with Gasteiger partial charge < -0.3 is 0 Å². The van der Waals surface area contributed by atoms with E-state index in [4.69, 9.17) is 27.2 Å². The van der Waals surface area contributed by atoms with E-state index in [1.54, 1.807) is 0 Å². The molecule has 0 radical (unpaired) electrons. The third kappa shape index (κ3) is 2.64. The van der Waals surface area contributed by atoms with Crippen molar-refractivity contribution in [1.29, 1.82) is 0 Å². The van der Waals surface area contributed by atoms with E-state index >= 15 is 0 Å². The van der Waals surface area contributed by atoms with Gasteiger partial charge in [0.1, 0.15) is 0 Å². The maximum absolute atomic E-state index is 6.27. The second-order valence-corrected chi connectivity index (χ2v) is 9.98. The summed E-state index contributed by atoms with van der Waals surface area (Å²) < 4.78 is 35.9. The first-order valence-corrected chi connectivity index (χ1v) is 10.9. The van der Waals surface area contributed by atoms with Crippen LogP contribution in [0.4, 0.5) is 0 Å². The van der Waals surface area contributed by atoms with Crippen molar-refractivity contribution in [3.63, 3.8) is 0 Å². The molecule has 3 aliphatic rings. The van der Waals surface area contributed by atoms with Gasteiger partial charge in [0, 0.05) is 0 Å². The van der Waals surface area contributed by atoms with Crippen LogP contribution in [0.1, 0.15) is 6.42 Å². The van der Waals surface area contributed by atoms with Gasteiger partial charge in [0.05, 0.1) is 0 Å². The summed E-state index contributed by atoms with van der Waals surface area (Å²) >= 11 is 0. The molecule has 2 aromatic carbocycles. The van der Waals surface area contributed by atoms with E-state index in [-0.39, 0.29) is 6.10 Å². The Morgan fingerprint density at radius 1 is 0.840 bits per heavy atom. The first kappa shape index (κ1) is 15.1. The van der Waals surface area contributed by atoms with E-state index in [2.05, 4.69) is 0 Å². The molecule has 132 valence electrons. The Kier molecular flexibility index (Phi) is 3.25. The molecule has 5 rings (SSSR count). The first-order valence-electron chi connectivity index (χ1n) is 8.56. The summed E-state index contributed by atoms with van der Waals surface area (Å²) in [7, 11) is -4.10. The van der Waals surface area contributed by atoms with E-state index < -0.39 is 8.33 Å². The summed E-state index contributed by atoms with van der Waals surface area (Å²) in [4.78, 5) is 0. The minimum absolute atomic E-state index is 0.261. The monoisotopic (exact) mass is 359 g/mol. The van der Waals surface area contributed by atoms with Crippen LogP contribution in [-0.2, 0) is 9.47 Å². The van der Waals surface area contributed by atoms with Gasteiger partial charge >= 0.3 is 145 Å². The molecule has 7 heteroatoms. The molecule has 3 heterocycles. The van der Waals surface area contributed by atoms with Gasteiger partial charge in [-0.05, 0) is 0 Å². The summed E-state index contributed by atoms with van der Waals surface area (Å²) in [6, 6.07) is 15.6. The molecule has 0 amide bonds. The van der Waals surface area contributed by atoms with E-state index in [0.29, 0.717) is 48.7 Å². The fourth-order valence-corrected chi connectivity index (χ4v) is 7.01. The topological polar surface area (TPSA) is 58.7 Å². The van der Waals surface area contributed by atoms with Crippen molar-refractivity contribution in [2.24, 2.45) is 0 Å². The molecule has 0 bridgehead atoms. The maximum atomic E-state index is 6.27. The number of hydrogen-bond donors (Lipinski definition) is 0. The van der Waals surface area contributed by atoms with Gasteiger partial charge in [-0.15, -0.1) is 0 Å². The van der Waals surface area contributed by atoms with Crippen molar-refractivity contribution in [1.82, 2.24) is 0 Å². The summed E-state index contributed by atoms with van der Waals surface area (Å²) in [5.74, 6) is 2.65. The van der Waals surface area contributed by atoms with Crippen LogP contribution in [0.5, 0.6) is 23.0 Å². The molecule has 1 fully saturated rings. The molecule has 6 nitrogen and oxygen atoms in total. The van der Waals surface area contributed by atoms with Gasteiger partial charge in [0.15, 0.2) is 0 Å². The normalized spacial score (nSPS) is 24.6. The third-order valence-corrected chi connectivity index (χ3v) is 8.13. The van der Waals surface area contributed by atoms with Crippen molar-refractivity contribution in [3.8, 4) is 23.0 Å². The molecule has 25 heavy (non-hydrogen) atoms. The molecule has 0 aromatic heterocycles. The minimum atomic E-state index is -4.10. The SMILES string of the molecule is c1ccc2c(c1)O[Si-]1(CCCOCC3CO3)(O2)Oc2ccccc2O1. The van der Waals surface area contributed by atoms with Gasteiger partial charge in [0.25, 0.3) is 0 Å². The Hall–Kier alpha value is -2.22. The first-order chi connectivity index (χ1) is 12.2. The van der Waals surface area contributed by atoms with E-state index in [1.165, 1.54) is 0 Å². The Bertz CT molecular complexity index is 693. The fraction of sp³-hybridized carbons (Fsp3) is 0.333. The molecular weight excluding hydrogens is 340 g/mol. The van der Waals surface area contributed by atoms with Crippen LogP contribution in [0, 0.1) is 0 Å². The fourth-order valence-electron chi connectivity index (χ4n) is 3.26. The van der Waals surface area contributed by atoms with Gasteiger partial charge in [-0.3, -0.25) is 0 Å². The summed E-state index contributed by atoms with van der Waals surface area (Å²) in [6.45, 7) is 2.00.